The Morgan fingerprint density at radius 3 is 2.64 bits per heavy atom. The van der Waals surface area contributed by atoms with Gasteiger partial charge in [-0.2, -0.15) is 0 Å². The van der Waals surface area contributed by atoms with E-state index < -0.39 is 17.2 Å². The zero-order valence-electron chi connectivity index (χ0n) is 11.3. The van der Waals surface area contributed by atoms with Crippen molar-refractivity contribution < 1.29 is 14.3 Å². The average molecular weight is 314 g/mol. The summed E-state index contributed by atoms with van der Waals surface area (Å²) in [6, 6.07) is 14.0. The largest absolute Gasteiger partial charge is 0.545 e. The molecule has 0 saturated heterocycles. The summed E-state index contributed by atoms with van der Waals surface area (Å²) < 4.78 is 4.98. The van der Waals surface area contributed by atoms with Crippen molar-refractivity contribution in [3.8, 4) is 0 Å². The molecule has 2 aromatic carbocycles. The highest BCUT2D eigenvalue weighted by atomic mass is 35.5. The van der Waals surface area contributed by atoms with Crippen molar-refractivity contribution in [3.63, 3.8) is 0 Å². The standard InChI is InChI=1S/C17H11ClO4/c18-14-4-2-1-3-11(14)7-10-5-6-15-12(8-10)9-13(16(19)20)17(21)22-15/h1-6,8-9H,7H2,(H,19,20)/p-1. The number of carboxylic acid groups (broad SMARTS) is 1. The molecule has 0 N–H and O–H groups in total. The van der Waals surface area contributed by atoms with Crippen LogP contribution in [0.2, 0.25) is 5.02 Å². The van der Waals surface area contributed by atoms with E-state index in [1.54, 1.807) is 12.1 Å². The SMILES string of the molecule is O=C([O-])c1cc2cc(Cc3ccccc3Cl)ccc2oc1=O. The summed E-state index contributed by atoms with van der Waals surface area (Å²) in [6.45, 7) is 0. The number of rotatable bonds is 3. The monoisotopic (exact) mass is 313 g/mol. The number of benzene rings is 2. The van der Waals surface area contributed by atoms with Gasteiger partial charge < -0.3 is 14.3 Å². The molecule has 110 valence electrons. The van der Waals surface area contributed by atoms with E-state index in [1.807, 2.05) is 30.3 Å². The zero-order chi connectivity index (χ0) is 15.7. The van der Waals surface area contributed by atoms with Gasteiger partial charge in [-0.15, -0.1) is 0 Å². The lowest BCUT2D eigenvalue weighted by molar-refractivity contribution is -0.255. The lowest BCUT2D eigenvalue weighted by atomic mass is 10.0. The van der Waals surface area contributed by atoms with Gasteiger partial charge >= 0.3 is 5.63 Å². The highest BCUT2D eigenvalue weighted by Gasteiger charge is 2.08. The molecule has 0 atom stereocenters. The minimum Gasteiger partial charge on any atom is -0.545 e. The first-order chi connectivity index (χ1) is 10.5. The van der Waals surface area contributed by atoms with Crippen molar-refractivity contribution in [3.05, 3.63) is 80.7 Å². The van der Waals surface area contributed by atoms with Gasteiger partial charge in [0.15, 0.2) is 0 Å². The van der Waals surface area contributed by atoms with Crippen LogP contribution in [0.4, 0.5) is 0 Å². The topological polar surface area (TPSA) is 70.3 Å². The Morgan fingerprint density at radius 2 is 1.91 bits per heavy atom. The lowest BCUT2D eigenvalue weighted by Crippen LogP contribution is -2.28. The van der Waals surface area contributed by atoms with Gasteiger partial charge in [-0.05, 0) is 41.8 Å². The molecule has 4 nitrogen and oxygen atoms in total. The summed E-state index contributed by atoms with van der Waals surface area (Å²) >= 11 is 6.13. The van der Waals surface area contributed by atoms with E-state index in [9.17, 15) is 14.7 Å². The summed E-state index contributed by atoms with van der Waals surface area (Å²) in [5.41, 5.74) is 0.825. The van der Waals surface area contributed by atoms with Crippen LogP contribution in [0.5, 0.6) is 0 Å². The summed E-state index contributed by atoms with van der Waals surface area (Å²) in [4.78, 5) is 22.4. The number of carbonyl (C=O) groups is 1. The Bertz CT molecular complexity index is 927. The van der Waals surface area contributed by atoms with Gasteiger partial charge in [0.05, 0.1) is 11.5 Å². The van der Waals surface area contributed by atoms with E-state index in [0.717, 1.165) is 11.1 Å². The number of carbonyl (C=O) groups excluding carboxylic acids is 1. The van der Waals surface area contributed by atoms with Crippen molar-refractivity contribution >= 4 is 28.5 Å². The number of hydrogen-bond donors (Lipinski definition) is 0. The average Bonchev–Trinajstić information content (AvgIpc) is 2.49. The van der Waals surface area contributed by atoms with Crippen LogP contribution in [-0.2, 0) is 6.42 Å². The van der Waals surface area contributed by atoms with Crippen molar-refractivity contribution in [2.45, 2.75) is 6.42 Å². The van der Waals surface area contributed by atoms with E-state index in [-0.39, 0.29) is 0 Å². The Balaban J connectivity index is 2.06. The maximum Gasteiger partial charge on any atom is 0.345 e. The number of fused-ring (bicyclic) bond motifs is 1. The quantitative estimate of drug-likeness (QED) is 0.696. The van der Waals surface area contributed by atoms with E-state index in [0.29, 0.717) is 22.4 Å². The number of hydrogen-bond acceptors (Lipinski definition) is 4. The first kappa shape index (κ1) is 14.4. The van der Waals surface area contributed by atoms with E-state index in [4.69, 9.17) is 16.0 Å². The van der Waals surface area contributed by atoms with Gasteiger partial charge in [-0.1, -0.05) is 35.9 Å². The van der Waals surface area contributed by atoms with Gasteiger partial charge in [0, 0.05) is 10.4 Å². The van der Waals surface area contributed by atoms with Crippen molar-refractivity contribution in [1.82, 2.24) is 0 Å². The maximum atomic E-state index is 11.5. The molecule has 0 spiro atoms. The Labute approximate surface area is 130 Å². The first-order valence-electron chi connectivity index (χ1n) is 6.56. The van der Waals surface area contributed by atoms with Crippen LogP contribution < -0.4 is 10.7 Å². The minimum absolute atomic E-state index is 0.331. The molecule has 0 amide bonds. The fraction of sp³-hybridized carbons (Fsp3) is 0.0588. The van der Waals surface area contributed by atoms with Gasteiger partial charge in [-0.3, -0.25) is 0 Å². The van der Waals surface area contributed by atoms with Gasteiger partial charge in [0.1, 0.15) is 5.58 Å². The normalized spacial score (nSPS) is 10.8. The second-order valence-corrected chi connectivity index (χ2v) is 5.28. The molecule has 3 rings (SSSR count). The molecule has 22 heavy (non-hydrogen) atoms. The molecule has 5 heteroatoms. The van der Waals surface area contributed by atoms with Gasteiger partial charge in [0.25, 0.3) is 0 Å². The predicted molar refractivity (Wildman–Crippen MR) is 81.1 cm³/mol. The van der Waals surface area contributed by atoms with Crippen molar-refractivity contribution in [2.24, 2.45) is 0 Å². The Morgan fingerprint density at radius 1 is 1.14 bits per heavy atom. The van der Waals surface area contributed by atoms with E-state index in [2.05, 4.69) is 0 Å². The smallest absolute Gasteiger partial charge is 0.345 e. The van der Waals surface area contributed by atoms with Crippen LogP contribution in [0.15, 0.2) is 57.7 Å². The van der Waals surface area contributed by atoms with Crippen LogP contribution in [0, 0.1) is 0 Å². The van der Waals surface area contributed by atoms with E-state index >= 15 is 0 Å². The Kier molecular flexibility index (Phi) is 3.69. The summed E-state index contributed by atoms with van der Waals surface area (Å²) in [5, 5.41) is 12.1. The molecule has 0 aliphatic rings. The van der Waals surface area contributed by atoms with Crippen molar-refractivity contribution in [2.75, 3.05) is 0 Å². The van der Waals surface area contributed by atoms with Crippen LogP contribution >= 0.6 is 11.6 Å². The predicted octanol–water partition coefficient (Wildman–Crippen LogP) is 2.40. The van der Waals surface area contributed by atoms with Gasteiger partial charge in [-0.25, -0.2) is 4.79 Å². The molecule has 0 bridgehead atoms. The van der Waals surface area contributed by atoms with Gasteiger partial charge in [0.2, 0.25) is 0 Å². The summed E-state index contributed by atoms with van der Waals surface area (Å²) in [6.07, 6.45) is 0.593. The van der Waals surface area contributed by atoms with Crippen molar-refractivity contribution in [1.29, 1.82) is 0 Å². The molecule has 0 unspecified atom stereocenters. The molecule has 0 aliphatic heterocycles. The molecular formula is C17H10ClO4-. The van der Waals surface area contributed by atoms with Crippen LogP contribution in [0.1, 0.15) is 21.5 Å². The molecule has 3 aromatic rings. The van der Waals surface area contributed by atoms with Crippen LogP contribution in [0.3, 0.4) is 0 Å². The second-order valence-electron chi connectivity index (χ2n) is 4.88. The van der Waals surface area contributed by atoms with Crippen LogP contribution in [-0.4, -0.2) is 5.97 Å². The number of halogens is 1. The van der Waals surface area contributed by atoms with E-state index in [1.165, 1.54) is 6.07 Å². The highest BCUT2D eigenvalue weighted by molar-refractivity contribution is 6.31. The molecular weight excluding hydrogens is 304 g/mol. The molecule has 0 fully saturated rings. The molecule has 1 aromatic heterocycles. The fourth-order valence-electron chi connectivity index (χ4n) is 2.29. The zero-order valence-corrected chi connectivity index (χ0v) is 12.1. The summed E-state index contributed by atoms with van der Waals surface area (Å²) in [7, 11) is 0. The minimum atomic E-state index is -1.55. The maximum absolute atomic E-state index is 11.5. The third-order valence-corrected chi connectivity index (χ3v) is 3.74. The highest BCUT2D eigenvalue weighted by Crippen LogP contribution is 2.22. The fourth-order valence-corrected chi connectivity index (χ4v) is 2.49. The molecule has 0 aliphatic carbocycles. The first-order valence-corrected chi connectivity index (χ1v) is 6.94. The molecule has 0 saturated carbocycles. The molecule has 0 radical (unpaired) electrons. The number of aromatic carboxylic acids is 1. The number of carboxylic acids is 1. The molecule has 1 heterocycles. The Hall–Kier alpha value is -2.59. The van der Waals surface area contributed by atoms with Crippen LogP contribution in [0.25, 0.3) is 11.0 Å². The third kappa shape index (κ3) is 2.73. The lowest BCUT2D eigenvalue weighted by Gasteiger charge is -2.07. The third-order valence-electron chi connectivity index (χ3n) is 3.37. The summed E-state index contributed by atoms with van der Waals surface area (Å²) in [5.74, 6) is -1.55. The second kappa shape index (κ2) is 5.66.